The number of carbonyl (C=O) groups excluding carboxylic acids is 2. The van der Waals surface area contributed by atoms with Gasteiger partial charge in [0.1, 0.15) is 5.60 Å². The summed E-state index contributed by atoms with van der Waals surface area (Å²) in [6, 6.07) is 0. The Morgan fingerprint density at radius 1 is 1.38 bits per heavy atom. The van der Waals surface area contributed by atoms with Crippen LogP contribution < -0.4 is 5.32 Å². The molecule has 6 heteroatoms. The molecule has 1 atom stereocenters. The molecule has 0 aromatic heterocycles. The molecule has 1 rings (SSSR count). The van der Waals surface area contributed by atoms with E-state index in [0.717, 1.165) is 12.3 Å². The molecule has 1 aliphatic heterocycles. The molecule has 122 valence electrons. The Balaban J connectivity index is 2.43. The van der Waals surface area contributed by atoms with Crippen LogP contribution in [0.4, 0.5) is 4.79 Å². The van der Waals surface area contributed by atoms with Crippen LogP contribution in [0, 0.1) is 11.3 Å². The largest absolute Gasteiger partial charge is 0.444 e. The Morgan fingerprint density at radius 3 is 2.48 bits per heavy atom. The van der Waals surface area contributed by atoms with Crippen molar-refractivity contribution in [2.24, 2.45) is 11.3 Å². The number of nitrogens with zero attached hydrogens (tertiary/aromatic N) is 1. The Morgan fingerprint density at radius 2 is 2.00 bits per heavy atom. The lowest BCUT2D eigenvalue weighted by Gasteiger charge is -2.31. The van der Waals surface area contributed by atoms with Gasteiger partial charge in [-0.1, -0.05) is 13.8 Å². The first kappa shape index (κ1) is 18.1. The van der Waals surface area contributed by atoms with E-state index in [9.17, 15) is 9.59 Å². The summed E-state index contributed by atoms with van der Waals surface area (Å²) >= 11 is 4.26. The zero-order valence-electron chi connectivity index (χ0n) is 13.7. The third kappa shape index (κ3) is 6.59. The lowest BCUT2D eigenvalue weighted by atomic mass is 9.93. The summed E-state index contributed by atoms with van der Waals surface area (Å²) < 4.78 is 5.22. The molecule has 1 N–H and O–H groups in total. The van der Waals surface area contributed by atoms with Gasteiger partial charge in [0, 0.05) is 26.1 Å². The number of rotatable bonds is 5. The molecule has 0 radical (unpaired) electrons. The molecule has 2 amide bonds. The number of hydrogen-bond donors (Lipinski definition) is 2. The zero-order valence-corrected chi connectivity index (χ0v) is 14.6. The second-order valence-electron chi connectivity index (χ2n) is 7.55. The molecule has 1 saturated heterocycles. The van der Waals surface area contributed by atoms with Gasteiger partial charge in [0.2, 0.25) is 5.91 Å². The minimum atomic E-state index is -0.501. The molecule has 0 aromatic rings. The van der Waals surface area contributed by atoms with E-state index in [0.29, 0.717) is 25.4 Å². The lowest BCUT2D eigenvalue weighted by Crippen LogP contribution is -2.44. The van der Waals surface area contributed by atoms with Gasteiger partial charge in [-0.05, 0) is 37.9 Å². The van der Waals surface area contributed by atoms with Gasteiger partial charge < -0.3 is 15.0 Å². The fourth-order valence-corrected chi connectivity index (χ4v) is 2.57. The summed E-state index contributed by atoms with van der Waals surface area (Å²) in [6.07, 6.45) is 0.163. The van der Waals surface area contributed by atoms with Gasteiger partial charge in [0.25, 0.3) is 0 Å². The first-order valence-electron chi connectivity index (χ1n) is 7.38. The monoisotopic (exact) mass is 316 g/mol. The Hall–Kier alpha value is -0.910. The zero-order chi connectivity index (χ0) is 16.3. The van der Waals surface area contributed by atoms with Crippen LogP contribution in [0.25, 0.3) is 0 Å². The molecule has 1 unspecified atom stereocenters. The van der Waals surface area contributed by atoms with Crippen molar-refractivity contribution in [2.45, 2.75) is 46.6 Å². The maximum Gasteiger partial charge on any atom is 0.407 e. The summed E-state index contributed by atoms with van der Waals surface area (Å²) in [7, 11) is 0. The van der Waals surface area contributed by atoms with E-state index >= 15 is 0 Å². The second kappa shape index (κ2) is 6.90. The van der Waals surface area contributed by atoms with Crippen molar-refractivity contribution in [3.05, 3.63) is 0 Å². The van der Waals surface area contributed by atoms with Crippen LogP contribution in [-0.2, 0) is 9.53 Å². The van der Waals surface area contributed by atoms with Crippen molar-refractivity contribution in [1.82, 2.24) is 10.2 Å². The lowest BCUT2D eigenvalue weighted by molar-refractivity contribution is -0.128. The topological polar surface area (TPSA) is 58.6 Å². The van der Waals surface area contributed by atoms with Crippen LogP contribution in [0.1, 0.15) is 41.0 Å². The molecule has 0 aliphatic carbocycles. The number of hydrogen-bond acceptors (Lipinski definition) is 4. The molecule has 1 fully saturated rings. The highest BCUT2D eigenvalue weighted by Crippen LogP contribution is 2.24. The third-order valence-corrected chi connectivity index (χ3v) is 3.80. The summed E-state index contributed by atoms with van der Waals surface area (Å²) in [4.78, 5) is 25.5. The molecular weight excluding hydrogens is 288 g/mol. The average Bonchev–Trinajstić information content (AvgIpc) is 2.65. The van der Waals surface area contributed by atoms with Crippen LogP contribution in [-0.4, -0.2) is 47.9 Å². The van der Waals surface area contributed by atoms with Gasteiger partial charge in [-0.25, -0.2) is 4.79 Å². The minimum Gasteiger partial charge on any atom is -0.444 e. The van der Waals surface area contributed by atoms with Crippen molar-refractivity contribution in [3.8, 4) is 0 Å². The maximum absolute atomic E-state index is 11.9. The molecule has 0 bridgehead atoms. The third-order valence-electron chi connectivity index (χ3n) is 3.28. The van der Waals surface area contributed by atoms with Crippen molar-refractivity contribution in [2.75, 3.05) is 25.4 Å². The quantitative estimate of drug-likeness (QED) is 0.765. The first-order chi connectivity index (χ1) is 9.52. The van der Waals surface area contributed by atoms with Crippen LogP contribution in [0.2, 0.25) is 0 Å². The molecule has 1 heterocycles. The molecule has 21 heavy (non-hydrogen) atoms. The van der Waals surface area contributed by atoms with E-state index in [-0.39, 0.29) is 11.3 Å². The van der Waals surface area contributed by atoms with Crippen molar-refractivity contribution in [3.63, 3.8) is 0 Å². The first-order valence-corrected chi connectivity index (χ1v) is 8.01. The van der Waals surface area contributed by atoms with E-state index in [2.05, 4.69) is 17.9 Å². The fraction of sp³-hybridized carbons (Fsp3) is 0.867. The molecule has 1 aliphatic rings. The number of nitrogens with one attached hydrogen (secondary N) is 1. The molecule has 5 nitrogen and oxygen atoms in total. The molecule has 0 aromatic carbocycles. The number of ether oxygens (including phenoxy) is 1. The summed E-state index contributed by atoms with van der Waals surface area (Å²) in [5.41, 5.74) is -0.697. The van der Waals surface area contributed by atoms with Gasteiger partial charge in [0.05, 0.1) is 0 Å². The smallest absolute Gasteiger partial charge is 0.407 e. The van der Waals surface area contributed by atoms with E-state index in [1.807, 2.05) is 39.5 Å². The number of alkyl carbamates (subject to hydrolysis) is 1. The van der Waals surface area contributed by atoms with Crippen LogP contribution in [0.5, 0.6) is 0 Å². The molecule has 0 spiro atoms. The highest BCUT2D eigenvalue weighted by atomic mass is 32.1. The van der Waals surface area contributed by atoms with Gasteiger partial charge in [-0.3, -0.25) is 4.79 Å². The van der Waals surface area contributed by atoms with E-state index < -0.39 is 11.7 Å². The maximum atomic E-state index is 11.9. The summed E-state index contributed by atoms with van der Waals surface area (Å²) in [5.74, 6) is 1.26. The predicted molar refractivity (Wildman–Crippen MR) is 86.6 cm³/mol. The Labute approximate surface area is 133 Å². The highest BCUT2D eigenvalue weighted by Gasteiger charge is 2.33. The van der Waals surface area contributed by atoms with Gasteiger partial charge >= 0.3 is 6.09 Å². The standard InChI is InChI=1S/C15H28N2O3S/c1-14(2,3)20-13(19)16-9-15(4,5)10-17-7-11(8-21)6-12(17)18/h11,21H,6-10H2,1-5H3,(H,16,19). The SMILES string of the molecule is CC(C)(CNC(=O)OC(C)(C)C)CN1CC(CS)CC1=O. The molecule has 0 saturated carbocycles. The van der Waals surface area contributed by atoms with Crippen molar-refractivity contribution < 1.29 is 14.3 Å². The Kier molecular flexibility index (Phi) is 5.96. The molecular formula is C15H28N2O3S. The summed E-state index contributed by atoms with van der Waals surface area (Å²) in [5, 5.41) is 2.78. The van der Waals surface area contributed by atoms with Crippen LogP contribution in [0.3, 0.4) is 0 Å². The highest BCUT2D eigenvalue weighted by molar-refractivity contribution is 7.80. The van der Waals surface area contributed by atoms with E-state index in [1.165, 1.54) is 0 Å². The van der Waals surface area contributed by atoms with Gasteiger partial charge in [-0.15, -0.1) is 0 Å². The normalized spacial score (nSPS) is 19.8. The average molecular weight is 316 g/mol. The van der Waals surface area contributed by atoms with Gasteiger partial charge in [-0.2, -0.15) is 12.6 Å². The second-order valence-corrected chi connectivity index (χ2v) is 7.91. The fourth-order valence-electron chi connectivity index (χ4n) is 2.33. The number of carbonyl (C=O) groups is 2. The van der Waals surface area contributed by atoms with E-state index in [1.54, 1.807) is 0 Å². The number of thiol groups is 1. The van der Waals surface area contributed by atoms with Crippen LogP contribution >= 0.6 is 12.6 Å². The van der Waals surface area contributed by atoms with E-state index in [4.69, 9.17) is 4.74 Å². The predicted octanol–water partition coefficient (Wildman–Crippen LogP) is 2.32. The summed E-state index contributed by atoms with van der Waals surface area (Å²) in [6.45, 7) is 11.4. The number of amides is 2. The Bertz CT molecular complexity index is 391. The van der Waals surface area contributed by atoms with Gasteiger partial charge in [0.15, 0.2) is 0 Å². The number of likely N-dealkylation sites (tertiary alicyclic amines) is 1. The van der Waals surface area contributed by atoms with Crippen molar-refractivity contribution >= 4 is 24.6 Å². The van der Waals surface area contributed by atoms with Crippen LogP contribution in [0.15, 0.2) is 0 Å². The minimum absolute atomic E-state index is 0.180. The van der Waals surface area contributed by atoms with Crippen molar-refractivity contribution in [1.29, 1.82) is 0 Å².